The fourth-order valence-corrected chi connectivity index (χ4v) is 0.815. The van der Waals surface area contributed by atoms with Crippen molar-refractivity contribution in [1.29, 1.82) is 0 Å². The smallest absolute Gasteiger partial charge is 0.288 e. The maximum absolute atomic E-state index is 12.7. The molecule has 4 nitrogen and oxygen atoms in total. The summed E-state index contributed by atoms with van der Waals surface area (Å²) in [6, 6.07) is 1.11. The third-order valence-corrected chi connectivity index (χ3v) is 1.51. The Morgan fingerprint density at radius 1 is 1.46 bits per heavy atom. The molecule has 6 heteroatoms. The standard InChI is InChI=1S/C7H10F2N4/c1-7(8,9)5-3-4(10)6(11-2)13-12-5/h3H,1-2H3,(H2,10,12)(H,11,13). The molecule has 0 radical (unpaired) electrons. The van der Waals surface area contributed by atoms with E-state index in [4.69, 9.17) is 5.73 Å². The molecule has 0 unspecified atom stereocenters. The van der Waals surface area contributed by atoms with E-state index in [9.17, 15) is 8.78 Å². The van der Waals surface area contributed by atoms with Crippen LogP contribution < -0.4 is 11.1 Å². The van der Waals surface area contributed by atoms with E-state index in [1.165, 1.54) is 0 Å². The molecule has 72 valence electrons. The minimum absolute atomic E-state index is 0.161. The molecule has 0 amide bonds. The van der Waals surface area contributed by atoms with Gasteiger partial charge in [0.25, 0.3) is 5.92 Å². The summed E-state index contributed by atoms with van der Waals surface area (Å²) in [7, 11) is 1.59. The average Bonchev–Trinajstić information content (AvgIpc) is 2.02. The number of aromatic nitrogens is 2. The Labute approximate surface area is 74.2 Å². The normalized spacial score (nSPS) is 11.4. The van der Waals surface area contributed by atoms with E-state index in [-0.39, 0.29) is 5.69 Å². The first kappa shape index (κ1) is 9.63. The second-order valence-corrected chi connectivity index (χ2v) is 2.67. The number of nitrogens with one attached hydrogen (secondary N) is 1. The number of hydrogen-bond acceptors (Lipinski definition) is 4. The summed E-state index contributed by atoms with van der Waals surface area (Å²) in [5.74, 6) is -2.71. The van der Waals surface area contributed by atoms with Gasteiger partial charge in [0, 0.05) is 14.0 Å². The second-order valence-electron chi connectivity index (χ2n) is 2.67. The van der Waals surface area contributed by atoms with Gasteiger partial charge in [-0.2, -0.15) is 8.78 Å². The molecular weight excluding hydrogens is 178 g/mol. The van der Waals surface area contributed by atoms with Crippen molar-refractivity contribution in [3.05, 3.63) is 11.8 Å². The molecule has 1 aromatic heterocycles. The van der Waals surface area contributed by atoms with Gasteiger partial charge in [0.15, 0.2) is 5.82 Å². The number of rotatable bonds is 2. The first-order valence-electron chi connectivity index (χ1n) is 3.64. The lowest BCUT2D eigenvalue weighted by Crippen LogP contribution is -2.13. The molecule has 0 fully saturated rings. The number of hydrogen-bond donors (Lipinski definition) is 2. The van der Waals surface area contributed by atoms with Gasteiger partial charge in [0.05, 0.1) is 5.69 Å². The predicted octanol–water partition coefficient (Wildman–Crippen LogP) is 1.21. The molecule has 0 aliphatic carbocycles. The summed E-state index contributed by atoms with van der Waals surface area (Å²) in [5.41, 5.74) is 5.16. The van der Waals surface area contributed by atoms with Gasteiger partial charge in [-0.3, -0.25) is 0 Å². The van der Waals surface area contributed by atoms with Crippen molar-refractivity contribution in [2.24, 2.45) is 0 Å². The number of halogens is 2. The molecule has 3 N–H and O–H groups in total. The Bertz CT molecular complexity index is 308. The van der Waals surface area contributed by atoms with Crippen molar-refractivity contribution in [3.63, 3.8) is 0 Å². The third kappa shape index (κ3) is 2.01. The molecule has 0 aromatic carbocycles. The topological polar surface area (TPSA) is 63.8 Å². The number of nitrogens with two attached hydrogens (primary N) is 1. The Hall–Kier alpha value is -1.46. The number of alkyl halides is 2. The van der Waals surface area contributed by atoms with E-state index in [0.29, 0.717) is 5.82 Å². The molecule has 0 aliphatic rings. The van der Waals surface area contributed by atoms with Gasteiger partial charge in [0.2, 0.25) is 0 Å². The van der Waals surface area contributed by atoms with Crippen molar-refractivity contribution < 1.29 is 8.78 Å². The quantitative estimate of drug-likeness (QED) is 0.732. The van der Waals surface area contributed by atoms with Crippen molar-refractivity contribution in [3.8, 4) is 0 Å². The molecule has 0 spiro atoms. The van der Waals surface area contributed by atoms with Crippen LogP contribution in [0.15, 0.2) is 6.07 Å². The fourth-order valence-electron chi connectivity index (χ4n) is 0.815. The van der Waals surface area contributed by atoms with Crippen LogP contribution in [-0.4, -0.2) is 17.2 Å². The maximum atomic E-state index is 12.7. The molecule has 0 saturated carbocycles. The molecule has 0 atom stereocenters. The van der Waals surface area contributed by atoms with Gasteiger partial charge >= 0.3 is 0 Å². The van der Waals surface area contributed by atoms with E-state index in [2.05, 4.69) is 15.5 Å². The monoisotopic (exact) mass is 188 g/mol. The zero-order chi connectivity index (χ0) is 10.1. The number of nitrogens with zero attached hydrogens (tertiary/aromatic N) is 2. The highest BCUT2D eigenvalue weighted by molar-refractivity contribution is 5.60. The van der Waals surface area contributed by atoms with Crippen LogP contribution in [0.3, 0.4) is 0 Å². The van der Waals surface area contributed by atoms with Gasteiger partial charge in [-0.15, -0.1) is 10.2 Å². The van der Waals surface area contributed by atoms with Gasteiger partial charge in [-0.25, -0.2) is 0 Å². The molecule has 1 heterocycles. The lowest BCUT2D eigenvalue weighted by Gasteiger charge is -2.10. The van der Waals surface area contributed by atoms with E-state index in [1.54, 1.807) is 7.05 Å². The summed E-state index contributed by atoms with van der Waals surface area (Å²) in [6.45, 7) is 0.746. The summed E-state index contributed by atoms with van der Waals surface area (Å²) < 4.78 is 25.4. The molecular formula is C7H10F2N4. The third-order valence-electron chi connectivity index (χ3n) is 1.51. The van der Waals surface area contributed by atoms with E-state index in [0.717, 1.165) is 13.0 Å². The lowest BCUT2D eigenvalue weighted by molar-refractivity contribution is 0.0119. The SMILES string of the molecule is CNc1nnc(C(C)(F)F)cc1N. The van der Waals surface area contributed by atoms with Crippen LogP contribution in [-0.2, 0) is 5.92 Å². The van der Waals surface area contributed by atoms with Gasteiger partial charge in [-0.05, 0) is 6.07 Å². The van der Waals surface area contributed by atoms with Crippen LogP contribution in [0.5, 0.6) is 0 Å². The van der Waals surface area contributed by atoms with Crippen molar-refractivity contribution in [2.45, 2.75) is 12.8 Å². The van der Waals surface area contributed by atoms with Crippen LogP contribution >= 0.6 is 0 Å². The van der Waals surface area contributed by atoms with Crippen molar-refractivity contribution in [2.75, 3.05) is 18.1 Å². The number of anilines is 2. The van der Waals surface area contributed by atoms with Gasteiger partial charge in [-0.1, -0.05) is 0 Å². The van der Waals surface area contributed by atoms with Crippen molar-refractivity contribution >= 4 is 11.5 Å². The molecule has 1 aromatic rings. The Kier molecular flexibility index (Phi) is 2.31. The Morgan fingerprint density at radius 2 is 2.08 bits per heavy atom. The summed E-state index contributed by atoms with van der Waals surface area (Å²) in [4.78, 5) is 0. The number of nitrogen functional groups attached to an aromatic ring is 1. The van der Waals surface area contributed by atoms with E-state index < -0.39 is 11.6 Å². The predicted molar refractivity (Wildman–Crippen MR) is 45.6 cm³/mol. The summed E-state index contributed by atoms with van der Waals surface area (Å²) in [5, 5.41) is 9.47. The van der Waals surface area contributed by atoms with Crippen LogP contribution in [0.2, 0.25) is 0 Å². The van der Waals surface area contributed by atoms with Crippen LogP contribution in [0.25, 0.3) is 0 Å². The zero-order valence-corrected chi connectivity index (χ0v) is 7.31. The molecule has 0 saturated heterocycles. The van der Waals surface area contributed by atoms with Crippen LogP contribution in [0.4, 0.5) is 20.3 Å². The Balaban J connectivity index is 3.10. The maximum Gasteiger partial charge on any atom is 0.288 e. The van der Waals surface area contributed by atoms with E-state index >= 15 is 0 Å². The van der Waals surface area contributed by atoms with Gasteiger partial charge < -0.3 is 11.1 Å². The second kappa shape index (κ2) is 3.12. The largest absolute Gasteiger partial charge is 0.396 e. The highest BCUT2D eigenvalue weighted by Crippen LogP contribution is 2.27. The lowest BCUT2D eigenvalue weighted by atomic mass is 10.2. The highest BCUT2D eigenvalue weighted by Gasteiger charge is 2.27. The highest BCUT2D eigenvalue weighted by atomic mass is 19.3. The average molecular weight is 188 g/mol. The molecule has 13 heavy (non-hydrogen) atoms. The molecule has 0 aliphatic heterocycles. The molecule has 1 rings (SSSR count). The van der Waals surface area contributed by atoms with E-state index in [1.807, 2.05) is 0 Å². The zero-order valence-electron chi connectivity index (χ0n) is 7.31. The van der Waals surface area contributed by atoms with Gasteiger partial charge in [0.1, 0.15) is 5.69 Å². The van der Waals surface area contributed by atoms with Crippen LogP contribution in [0, 0.1) is 0 Å². The Morgan fingerprint density at radius 3 is 2.46 bits per heavy atom. The molecule has 0 bridgehead atoms. The van der Waals surface area contributed by atoms with Crippen molar-refractivity contribution in [1.82, 2.24) is 10.2 Å². The van der Waals surface area contributed by atoms with Crippen LogP contribution in [0.1, 0.15) is 12.6 Å². The summed E-state index contributed by atoms with van der Waals surface area (Å²) >= 11 is 0. The summed E-state index contributed by atoms with van der Waals surface area (Å²) in [6.07, 6.45) is 0. The first-order chi connectivity index (χ1) is 5.95. The first-order valence-corrected chi connectivity index (χ1v) is 3.64. The fraction of sp³-hybridized carbons (Fsp3) is 0.429. The minimum atomic E-state index is -3.01. The minimum Gasteiger partial charge on any atom is -0.396 e.